The Kier molecular flexibility index (Phi) is 5.01. The molecule has 0 atom stereocenters. The zero-order valence-corrected chi connectivity index (χ0v) is 12.0. The minimum atomic E-state index is -0.401. The molecule has 6 nitrogen and oxygen atoms in total. The van der Waals surface area contributed by atoms with Crippen molar-refractivity contribution >= 4 is 6.03 Å². The van der Waals surface area contributed by atoms with Gasteiger partial charge in [0.05, 0.1) is 13.2 Å². The number of likely N-dealkylation sites (tertiary alicyclic amines) is 1. The first-order valence-electron chi connectivity index (χ1n) is 7.07. The fourth-order valence-electron chi connectivity index (χ4n) is 2.54. The molecular formula is C13H25N3O3. The predicted molar refractivity (Wildman–Crippen MR) is 72.0 cm³/mol. The van der Waals surface area contributed by atoms with Crippen LogP contribution in [0.25, 0.3) is 0 Å². The van der Waals surface area contributed by atoms with Gasteiger partial charge in [0.25, 0.3) is 0 Å². The van der Waals surface area contributed by atoms with Gasteiger partial charge in [0, 0.05) is 32.5 Å². The second-order valence-corrected chi connectivity index (χ2v) is 5.48. The number of urea groups is 1. The van der Waals surface area contributed by atoms with Crippen LogP contribution in [0.2, 0.25) is 0 Å². The second-order valence-electron chi connectivity index (χ2n) is 5.48. The molecule has 1 N–H and O–H groups in total. The van der Waals surface area contributed by atoms with E-state index in [9.17, 15) is 4.79 Å². The predicted octanol–water partition coefficient (Wildman–Crippen LogP) is 0.487. The van der Waals surface area contributed by atoms with Gasteiger partial charge in [-0.2, -0.15) is 0 Å². The van der Waals surface area contributed by atoms with E-state index in [-0.39, 0.29) is 6.03 Å². The lowest BCUT2D eigenvalue weighted by molar-refractivity contribution is -0.181. The molecule has 0 unspecified atom stereocenters. The zero-order chi connectivity index (χ0) is 13.7. The van der Waals surface area contributed by atoms with Gasteiger partial charge in [-0.1, -0.05) is 0 Å². The maximum absolute atomic E-state index is 12.0. The number of piperidine rings is 1. The standard InChI is InChI=1S/C13H25N3O3/c1-15(2)7-3-6-14-12(17)16-8-4-13(5-9-16)18-10-11-19-13/h3-11H2,1-2H3,(H,14,17). The SMILES string of the molecule is CN(C)CCCNC(=O)N1CCC2(CC1)OCCO2. The highest BCUT2D eigenvalue weighted by Crippen LogP contribution is 2.31. The summed E-state index contributed by atoms with van der Waals surface area (Å²) < 4.78 is 11.3. The third-order valence-corrected chi connectivity index (χ3v) is 3.68. The Hall–Kier alpha value is -0.850. The lowest BCUT2D eigenvalue weighted by Gasteiger charge is -2.37. The summed E-state index contributed by atoms with van der Waals surface area (Å²) in [5, 5.41) is 2.97. The highest BCUT2D eigenvalue weighted by atomic mass is 16.7. The molecule has 2 saturated heterocycles. The molecule has 2 aliphatic rings. The molecule has 0 aromatic heterocycles. The van der Waals surface area contributed by atoms with Crippen molar-refractivity contribution in [3.8, 4) is 0 Å². The van der Waals surface area contributed by atoms with E-state index < -0.39 is 5.79 Å². The van der Waals surface area contributed by atoms with Crippen molar-refractivity contribution in [3.63, 3.8) is 0 Å². The molecule has 0 bridgehead atoms. The summed E-state index contributed by atoms with van der Waals surface area (Å²) in [7, 11) is 4.07. The fourth-order valence-corrected chi connectivity index (χ4v) is 2.54. The molecule has 2 aliphatic heterocycles. The molecule has 2 amide bonds. The summed E-state index contributed by atoms with van der Waals surface area (Å²) in [5.74, 6) is -0.401. The number of hydrogen-bond acceptors (Lipinski definition) is 4. The van der Waals surface area contributed by atoms with Gasteiger partial charge < -0.3 is 24.6 Å². The molecule has 0 saturated carbocycles. The van der Waals surface area contributed by atoms with Crippen LogP contribution in [0.3, 0.4) is 0 Å². The number of hydrogen-bond donors (Lipinski definition) is 1. The zero-order valence-electron chi connectivity index (χ0n) is 12.0. The molecule has 110 valence electrons. The van der Waals surface area contributed by atoms with E-state index in [2.05, 4.69) is 10.2 Å². The number of amides is 2. The summed E-state index contributed by atoms with van der Waals surface area (Å²) in [4.78, 5) is 15.9. The van der Waals surface area contributed by atoms with Crippen LogP contribution in [-0.4, -0.2) is 75.1 Å². The average molecular weight is 271 g/mol. The fraction of sp³-hybridized carbons (Fsp3) is 0.923. The van der Waals surface area contributed by atoms with Crippen molar-refractivity contribution in [2.75, 3.05) is 53.5 Å². The summed E-state index contributed by atoms with van der Waals surface area (Å²) in [6, 6.07) is 0.0339. The Morgan fingerprint density at radius 2 is 1.89 bits per heavy atom. The smallest absolute Gasteiger partial charge is 0.317 e. The van der Waals surface area contributed by atoms with Gasteiger partial charge in [-0.25, -0.2) is 4.79 Å². The molecule has 0 aromatic rings. The van der Waals surface area contributed by atoms with Gasteiger partial charge in [0.15, 0.2) is 5.79 Å². The first kappa shape index (κ1) is 14.6. The lowest BCUT2D eigenvalue weighted by Crippen LogP contribution is -2.50. The van der Waals surface area contributed by atoms with Crippen LogP contribution < -0.4 is 5.32 Å². The number of carbonyl (C=O) groups is 1. The normalized spacial score (nSPS) is 22.2. The topological polar surface area (TPSA) is 54.0 Å². The van der Waals surface area contributed by atoms with Crippen LogP contribution in [0.15, 0.2) is 0 Å². The van der Waals surface area contributed by atoms with Crippen molar-refractivity contribution in [2.24, 2.45) is 0 Å². The van der Waals surface area contributed by atoms with Gasteiger partial charge in [-0.3, -0.25) is 0 Å². The Morgan fingerprint density at radius 3 is 2.47 bits per heavy atom. The molecule has 1 spiro atoms. The first-order valence-corrected chi connectivity index (χ1v) is 7.07. The molecule has 2 heterocycles. The van der Waals surface area contributed by atoms with E-state index in [0.717, 1.165) is 32.4 Å². The van der Waals surface area contributed by atoms with Crippen molar-refractivity contribution in [1.82, 2.24) is 15.1 Å². The maximum atomic E-state index is 12.0. The molecule has 2 fully saturated rings. The minimum Gasteiger partial charge on any atom is -0.347 e. The summed E-state index contributed by atoms with van der Waals surface area (Å²) in [6.45, 7) is 4.49. The van der Waals surface area contributed by atoms with Gasteiger partial charge in [0.1, 0.15) is 0 Å². The maximum Gasteiger partial charge on any atom is 0.317 e. The van der Waals surface area contributed by atoms with E-state index in [0.29, 0.717) is 26.3 Å². The lowest BCUT2D eigenvalue weighted by atomic mass is 10.0. The van der Waals surface area contributed by atoms with Crippen molar-refractivity contribution in [3.05, 3.63) is 0 Å². The monoisotopic (exact) mass is 271 g/mol. The molecular weight excluding hydrogens is 246 g/mol. The molecule has 6 heteroatoms. The van der Waals surface area contributed by atoms with E-state index in [1.807, 2.05) is 19.0 Å². The van der Waals surface area contributed by atoms with E-state index >= 15 is 0 Å². The average Bonchev–Trinajstić information content (AvgIpc) is 2.83. The van der Waals surface area contributed by atoms with Gasteiger partial charge in [0.2, 0.25) is 0 Å². The number of nitrogens with one attached hydrogen (secondary N) is 1. The summed E-state index contributed by atoms with van der Waals surface area (Å²) in [6.07, 6.45) is 2.53. The van der Waals surface area contributed by atoms with Crippen molar-refractivity contribution in [1.29, 1.82) is 0 Å². The Balaban J connectivity index is 1.65. The molecule has 2 rings (SSSR count). The third kappa shape index (κ3) is 4.06. The molecule has 0 radical (unpaired) electrons. The van der Waals surface area contributed by atoms with Crippen LogP contribution in [0.1, 0.15) is 19.3 Å². The highest BCUT2D eigenvalue weighted by molar-refractivity contribution is 5.74. The quantitative estimate of drug-likeness (QED) is 0.756. The third-order valence-electron chi connectivity index (χ3n) is 3.68. The van der Waals surface area contributed by atoms with Crippen molar-refractivity contribution in [2.45, 2.75) is 25.0 Å². The minimum absolute atomic E-state index is 0.0339. The van der Waals surface area contributed by atoms with Crippen LogP contribution in [-0.2, 0) is 9.47 Å². The van der Waals surface area contributed by atoms with E-state index in [4.69, 9.17) is 9.47 Å². The largest absolute Gasteiger partial charge is 0.347 e. The first-order chi connectivity index (χ1) is 9.11. The van der Waals surface area contributed by atoms with Crippen LogP contribution in [0.4, 0.5) is 4.79 Å². The number of rotatable bonds is 4. The number of ether oxygens (including phenoxy) is 2. The summed E-state index contributed by atoms with van der Waals surface area (Å²) >= 11 is 0. The Morgan fingerprint density at radius 1 is 1.26 bits per heavy atom. The molecule has 0 aliphatic carbocycles. The van der Waals surface area contributed by atoms with Gasteiger partial charge in [-0.05, 0) is 27.1 Å². The summed E-state index contributed by atoms with van der Waals surface area (Å²) in [5.41, 5.74) is 0. The van der Waals surface area contributed by atoms with Gasteiger partial charge in [-0.15, -0.1) is 0 Å². The van der Waals surface area contributed by atoms with E-state index in [1.54, 1.807) is 0 Å². The Bertz CT molecular complexity index is 294. The highest BCUT2D eigenvalue weighted by Gasteiger charge is 2.40. The van der Waals surface area contributed by atoms with Crippen LogP contribution in [0, 0.1) is 0 Å². The van der Waals surface area contributed by atoms with Crippen LogP contribution >= 0.6 is 0 Å². The second kappa shape index (κ2) is 6.54. The molecule has 0 aromatic carbocycles. The van der Waals surface area contributed by atoms with Crippen molar-refractivity contribution < 1.29 is 14.3 Å². The molecule has 19 heavy (non-hydrogen) atoms. The number of carbonyl (C=O) groups excluding carboxylic acids is 1. The van der Waals surface area contributed by atoms with Crippen LogP contribution in [0.5, 0.6) is 0 Å². The Labute approximate surface area is 115 Å². The van der Waals surface area contributed by atoms with E-state index in [1.165, 1.54) is 0 Å². The number of nitrogens with zero attached hydrogens (tertiary/aromatic N) is 2. The van der Waals surface area contributed by atoms with Gasteiger partial charge >= 0.3 is 6.03 Å².